The van der Waals surface area contributed by atoms with E-state index in [-0.39, 0.29) is 12.6 Å². The van der Waals surface area contributed by atoms with Gasteiger partial charge in [0.1, 0.15) is 0 Å². The van der Waals surface area contributed by atoms with Crippen molar-refractivity contribution in [3.63, 3.8) is 0 Å². The minimum absolute atomic E-state index is 0.102. The van der Waals surface area contributed by atoms with Gasteiger partial charge in [-0.2, -0.15) is 0 Å². The highest BCUT2D eigenvalue weighted by Gasteiger charge is 2.11. The normalized spacial score (nSPS) is 12.7. The second kappa shape index (κ2) is 7.90. The van der Waals surface area contributed by atoms with Gasteiger partial charge < -0.3 is 15.2 Å². The van der Waals surface area contributed by atoms with Gasteiger partial charge >= 0.3 is 0 Å². The third-order valence-electron chi connectivity index (χ3n) is 2.46. The number of hydrogen-bond acceptors (Lipinski definition) is 3. The van der Waals surface area contributed by atoms with Crippen molar-refractivity contribution in [2.75, 3.05) is 26.9 Å². The molecule has 0 fully saturated rings. The molecule has 0 heterocycles. The van der Waals surface area contributed by atoms with Crippen molar-refractivity contribution in [2.24, 2.45) is 0 Å². The Labute approximate surface area is 112 Å². The van der Waals surface area contributed by atoms with E-state index >= 15 is 0 Å². The highest BCUT2D eigenvalue weighted by Crippen LogP contribution is 2.26. The number of benzene rings is 1. The minimum Gasteiger partial charge on any atom is -0.395 e. The van der Waals surface area contributed by atoms with Crippen molar-refractivity contribution in [1.82, 2.24) is 5.32 Å². The third-order valence-corrected chi connectivity index (χ3v) is 3.20. The van der Waals surface area contributed by atoms with Crippen molar-refractivity contribution in [3.8, 4) is 0 Å². The van der Waals surface area contributed by atoms with Gasteiger partial charge in [0.05, 0.1) is 16.7 Å². The SMILES string of the molecule is COCC[C@@H](NCCO)c1ccc(Cl)c(Cl)c1. The zero-order chi connectivity index (χ0) is 12.7. The van der Waals surface area contributed by atoms with Gasteiger partial charge in [-0.05, 0) is 24.1 Å². The van der Waals surface area contributed by atoms with Gasteiger partial charge in [-0.25, -0.2) is 0 Å². The first-order chi connectivity index (χ1) is 8.19. The number of halogens is 2. The van der Waals surface area contributed by atoms with Gasteiger partial charge in [0.15, 0.2) is 0 Å². The summed E-state index contributed by atoms with van der Waals surface area (Å²) in [6, 6.07) is 5.66. The fraction of sp³-hybridized carbons (Fsp3) is 0.500. The molecular weight excluding hydrogens is 261 g/mol. The molecule has 0 radical (unpaired) electrons. The second-order valence-corrected chi connectivity index (χ2v) is 4.50. The average Bonchev–Trinajstić information content (AvgIpc) is 2.33. The van der Waals surface area contributed by atoms with Crippen LogP contribution in [0.3, 0.4) is 0 Å². The van der Waals surface area contributed by atoms with Gasteiger partial charge in [0, 0.05) is 26.3 Å². The highest BCUT2D eigenvalue weighted by molar-refractivity contribution is 6.42. The molecule has 17 heavy (non-hydrogen) atoms. The standard InChI is InChI=1S/C12H17Cl2NO2/c1-17-7-4-12(15-5-6-16)9-2-3-10(13)11(14)8-9/h2-3,8,12,15-16H,4-7H2,1H3/t12-/m1/s1. The van der Waals surface area contributed by atoms with Crippen molar-refractivity contribution in [2.45, 2.75) is 12.5 Å². The van der Waals surface area contributed by atoms with Crippen LogP contribution >= 0.6 is 23.2 Å². The van der Waals surface area contributed by atoms with Crippen LogP contribution < -0.4 is 5.32 Å². The molecule has 2 N–H and O–H groups in total. The van der Waals surface area contributed by atoms with Gasteiger partial charge in [0.2, 0.25) is 0 Å². The van der Waals surface area contributed by atoms with E-state index < -0.39 is 0 Å². The molecule has 0 aromatic heterocycles. The zero-order valence-electron chi connectivity index (χ0n) is 9.75. The Hall–Kier alpha value is -0.320. The van der Waals surface area contributed by atoms with E-state index in [0.29, 0.717) is 23.2 Å². The molecule has 0 saturated carbocycles. The van der Waals surface area contributed by atoms with E-state index in [4.69, 9.17) is 33.0 Å². The molecule has 0 saturated heterocycles. The number of ether oxygens (including phenoxy) is 1. The van der Waals surface area contributed by atoms with E-state index in [1.807, 2.05) is 12.1 Å². The average molecular weight is 278 g/mol. The van der Waals surface area contributed by atoms with Gasteiger partial charge in [-0.1, -0.05) is 29.3 Å². The molecule has 0 aliphatic heterocycles. The first kappa shape index (κ1) is 14.7. The first-order valence-corrected chi connectivity index (χ1v) is 6.22. The molecule has 5 heteroatoms. The number of methoxy groups -OCH3 is 1. The monoisotopic (exact) mass is 277 g/mol. The number of hydrogen-bond donors (Lipinski definition) is 2. The summed E-state index contributed by atoms with van der Waals surface area (Å²) in [5.74, 6) is 0. The molecule has 0 spiro atoms. The van der Waals surface area contributed by atoms with E-state index in [9.17, 15) is 0 Å². The first-order valence-electron chi connectivity index (χ1n) is 5.47. The smallest absolute Gasteiger partial charge is 0.0595 e. The predicted molar refractivity (Wildman–Crippen MR) is 70.8 cm³/mol. The fourth-order valence-corrected chi connectivity index (χ4v) is 1.90. The van der Waals surface area contributed by atoms with E-state index in [0.717, 1.165) is 12.0 Å². The number of aliphatic hydroxyl groups excluding tert-OH is 1. The van der Waals surface area contributed by atoms with Crippen molar-refractivity contribution in [1.29, 1.82) is 0 Å². The summed E-state index contributed by atoms with van der Waals surface area (Å²) in [5.41, 5.74) is 1.05. The third kappa shape index (κ3) is 4.82. The Morgan fingerprint density at radius 2 is 2.12 bits per heavy atom. The van der Waals surface area contributed by atoms with Gasteiger partial charge in [-0.15, -0.1) is 0 Å². The topological polar surface area (TPSA) is 41.5 Å². The summed E-state index contributed by atoms with van der Waals surface area (Å²) in [7, 11) is 1.66. The molecule has 3 nitrogen and oxygen atoms in total. The number of nitrogens with one attached hydrogen (secondary N) is 1. The largest absolute Gasteiger partial charge is 0.395 e. The summed E-state index contributed by atoms with van der Waals surface area (Å²) >= 11 is 11.9. The van der Waals surface area contributed by atoms with Crippen LogP contribution in [0.4, 0.5) is 0 Å². The van der Waals surface area contributed by atoms with Crippen LogP contribution in [-0.2, 0) is 4.74 Å². The van der Waals surface area contributed by atoms with Gasteiger partial charge in [-0.3, -0.25) is 0 Å². The molecule has 0 aliphatic carbocycles. The molecule has 1 rings (SSSR count). The van der Waals surface area contributed by atoms with Crippen LogP contribution in [0.5, 0.6) is 0 Å². The Morgan fingerprint density at radius 3 is 2.71 bits per heavy atom. The number of rotatable bonds is 7. The number of aliphatic hydroxyl groups is 1. The minimum atomic E-state index is 0.102. The summed E-state index contributed by atoms with van der Waals surface area (Å²) < 4.78 is 5.07. The quantitative estimate of drug-likeness (QED) is 0.805. The summed E-state index contributed by atoms with van der Waals surface area (Å²) in [6.45, 7) is 1.28. The lowest BCUT2D eigenvalue weighted by Gasteiger charge is -2.19. The molecule has 1 atom stereocenters. The summed E-state index contributed by atoms with van der Waals surface area (Å²) in [6.07, 6.45) is 0.814. The molecule has 96 valence electrons. The van der Waals surface area contributed by atoms with Crippen molar-refractivity contribution < 1.29 is 9.84 Å². The van der Waals surface area contributed by atoms with Gasteiger partial charge in [0.25, 0.3) is 0 Å². The van der Waals surface area contributed by atoms with Crippen LogP contribution in [0.1, 0.15) is 18.0 Å². The lowest BCUT2D eigenvalue weighted by molar-refractivity contribution is 0.180. The highest BCUT2D eigenvalue weighted by atomic mass is 35.5. The maximum atomic E-state index is 8.85. The lowest BCUT2D eigenvalue weighted by atomic mass is 10.0. The Morgan fingerprint density at radius 1 is 1.35 bits per heavy atom. The molecule has 1 aromatic carbocycles. The second-order valence-electron chi connectivity index (χ2n) is 3.69. The summed E-state index contributed by atoms with van der Waals surface area (Å²) in [4.78, 5) is 0. The van der Waals surface area contributed by atoms with Crippen molar-refractivity contribution >= 4 is 23.2 Å². The van der Waals surface area contributed by atoms with E-state index in [2.05, 4.69) is 5.32 Å². The van der Waals surface area contributed by atoms with E-state index in [1.54, 1.807) is 13.2 Å². The molecule has 0 aliphatic rings. The molecule has 0 unspecified atom stereocenters. The predicted octanol–water partition coefficient (Wildman–Crippen LogP) is 2.65. The van der Waals surface area contributed by atoms with Crippen LogP contribution in [0.15, 0.2) is 18.2 Å². The van der Waals surface area contributed by atoms with E-state index in [1.165, 1.54) is 0 Å². The maximum Gasteiger partial charge on any atom is 0.0595 e. The molecule has 0 amide bonds. The van der Waals surface area contributed by atoms with Crippen molar-refractivity contribution in [3.05, 3.63) is 33.8 Å². The summed E-state index contributed by atoms with van der Waals surface area (Å²) in [5, 5.41) is 13.2. The Balaban J connectivity index is 2.75. The maximum absolute atomic E-state index is 8.85. The van der Waals surface area contributed by atoms with Crippen LogP contribution in [0.2, 0.25) is 10.0 Å². The van der Waals surface area contributed by atoms with Crippen LogP contribution in [-0.4, -0.2) is 32.0 Å². The molecular formula is C12H17Cl2NO2. The zero-order valence-corrected chi connectivity index (χ0v) is 11.3. The molecule has 0 bridgehead atoms. The van der Waals surface area contributed by atoms with Crippen LogP contribution in [0, 0.1) is 0 Å². The molecule has 1 aromatic rings. The van der Waals surface area contributed by atoms with Crippen LogP contribution in [0.25, 0.3) is 0 Å². The Bertz CT molecular complexity index is 339. The lowest BCUT2D eigenvalue weighted by Crippen LogP contribution is -2.25. The Kier molecular flexibility index (Phi) is 6.85. The fourth-order valence-electron chi connectivity index (χ4n) is 1.59.